The first-order chi connectivity index (χ1) is 13.0. The SMILES string of the molecule is COc1cccc(NC(=O)COC(=O)/C=C/c2cc(OC)cc(OC)c2)c1. The lowest BCUT2D eigenvalue weighted by Crippen LogP contribution is -2.20. The summed E-state index contributed by atoms with van der Waals surface area (Å²) in [6.45, 7) is -0.401. The van der Waals surface area contributed by atoms with E-state index in [-0.39, 0.29) is 0 Å². The number of ether oxygens (including phenoxy) is 4. The van der Waals surface area contributed by atoms with Crippen molar-refractivity contribution in [1.82, 2.24) is 0 Å². The Bertz CT molecular complexity index is 809. The van der Waals surface area contributed by atoms with Crippen LogP contribution in [0.15, 0.2) is 48.5 Å². The molecule has 0 bridgehead atoms. The van der Waals surface area contributed by atoms with Gasteiger partial charge in [0.05, 0.1) is 21.3 Å². The molecule has 1 amide bonds. The maximum atomic E-state index is 11.9. The topological polar surface area (TPSA) is 83.1 Å². The summed E-state index contributed by atoms with van der Waals surface area (Å²) in [5, 5.41) is 2.62. The molecule has 0 unspecified atom stereocenters. The average molecular weight is 371 g/mol. The van der Waals surface area contributed by atoms with Gasteiger partial charge in [-0.3, -0.25) is 4.79 Å². The Labute approximate surface area is 157 Å². The molecule has 0 spiro atoms. The number of hydrogen-bond donors (Lipinski definition) is 1. The molecule has 0 saturated carbocycles. The second kappa shape index (κ2) is 9.86. The van der Waals surface area contributed by atoms with E-state index in [0.29, 0.717) is 28.5 Å². The van der Waals surface area contributed by atoms with Gasteiger partial charge in [0, 0.05) is 23.9 Å². The summed E-state index contributed by atoms with van der Waals surface area (Å²) < 4.78 is 20.3. The standard InChI is InChI=1S/C20H21NO6/c1-24-16-6-4-5-15(11-16)21-19(22)13-27-20(23)8-7-14-9-17(25-2)12-18(10-14)26-3/h4-12H,13H2,1-3H3,(H,21,22)/b8-7+. The molecule has 0 aliphatic rings. The molecule has 2 rings (SSSR count). The van der Waals surface area contributed by atoms with Crippen LogP contribution >= 0.6 is 0 Å². The fourth-order valence-corrected chi connectivity index (χ4v) is 2.17. The normalized spacial score (nSPS) is 10.3. The summed E-state index contributed by atoms with van der Waals surface area (Å²) in [4.78, 5) is 23.7. The van der Waals surface area contributed by atoms with Gasteiger partial charge in [-0.1, -0.05) is 6.07 Å². The Morgan fingerprint density at radius 2 is 1.59 bits per heavy atom. The fraction of sp³-hybridized carbons (Fsp3) is 0.200. The molecule has 7 nitrogen and oxygen atoms in total. The Hall–Kier alpha value is -3.48. The van der Waals surface area contributed by atoms with E-state index in [0.717, 1.165) is 0 Å². The Kier molecular flexibility index (Phi) is 7.25. The molecule has 142 valence electrons. The molecule has 0 fully saturated rings. The summed E-state index contributed by atoms with van der Waals surface area (Å²) in [7, 11) is 4.61. The Morgan fingerprint density at radius 1 is 0.926 bits per heavy atom. The minimum Gasteiger partial charge on any atom is -0.497 e. The maximum absolute atomic E-state index is 11.9. The fourth-order valence-electron chi connectivity index (χ4n) is 2.17. The van der Waals surface area contributed by atoms with Crippen LogP contribution in [0.2, 0.25) is 0 Å². The second-order valence-electron chi connectivity index (χ2n) is 5.37. The van der Waals surface area contributed by atoms with E-state index in [1.54, 1.807) is 48.5 Å². The minimum absolute atomic E-state index is 0.401. The molecular weight excluding hydrogens is 350 g/mol. The highest BCUT2D eigenvalue weighted by atomic mass is 16.5. The van der Waals surface area contributed by atoms with E-state index in [2.05, 4.69) is 5.32 Å². The first-order valence-corrected chi connectivity index (χ1v) is 8.06. The van der Waals surface area contributed by atoms with Crippen molar-refractivity contribution in [3.63, 3.8) is 0 Å². The van der Waals surface area contributed by atoms with E-state index in [1.165, 1.54) is 27.4 Å². The molecule has 0 radical (unpaired) electrons. The van der Waals surface area contributed by atoms with Crippen LogP contribution in [0.25, 0.3) is 6.08 Å². The molecule has 2 aromatic rings. The number of hydrogen-bond acceptors (Lipinski definition) is 6. The quantitative estimate of drug-likeness (QED) is 0.567. The minimum atomic E-state index is -0.641. The number of benzene rings is 2. The molecular formula is C20H21NO6. The molecule has 0 heterocycles. The monoisotopic (exact) mass is 371 g/mol. The third-order valence-electron chi connectivity index (χ3n) is 3.48. The summed E-state index contributed by atoms with van der Waals surface area (Å²) in [6, 6.07) is 12.1. The van der Waals surface area contributed by atoms with E-state index < -0.39 is 18.5 Å². The van der Waals surface area contributed by atoms with Crippen molar-refractivity contribution in [3.05, 3.63) is 54.1 Å². The van der Waals surface area contributed by atoms with Crippen molar-refractivity contribution in [3.8, 4) is 17.2 Å². The van der Waals surface area contributed by atoms with Gasteiger partial charge in [0.15, 0.2) is 6.61 Å². The largest absolute Gasteiger partial charge is 0.497 e. The van der Waals surface area contributed by atoms with E-state index in [9.17, 15) is 9.59 Å². The zero-order chi connectivity index (χ0) is 19.6. The van der Waals surface area contributed by atoms with Crippen molar-refractivity contribution in [2.45, 2.75) is 0 Å². The third kappa shape index (κ3) is 6.39. The van der Waals surface area contributed by atoms with Crippen LogP contribution in [0, 0.1) is 0 Å². The molecule has 0 aromatic heterocycles. The van der Waals surface area contributed by atoms with Gasteiger partial charge in [0.2, 0.25) is 0 Å². The number of amides is 1. The second-order valence-corrected chi connectivity index (χ2v) is 5.37. The molecule has 0 atom stereocenters. The molecule has 7 heteroatoms. The number of rotatable bonds is 8. The lowest BCUT2D eigenvalue weighted by atomic mass is 10.2. The molecule has 1 N–H and O–H groups in total. The lowest BCUT2D eigenvalue weighted by molar-refractivity contribution is -0.142. The molecule has 2 aromatic carbocycles. The van der Waals surface area contributed by atoms with Gasteiger partial charge in [-0.15, -0.1) is 0 Å². The molecule has 0 aliphatic heterocycles. The van der Waals surface area contributed by atoms with Crippen molar-refractivity contribution in [1.29, 1.82) is 0 Å². The van der Waals surface area contributed by atoms with Gasteiger partial charge in [-0.05, 0) is 35.9 Å². The number of carbonyl (C=O) groups is 2. The van der Waals surface area contributed by atoms with Crippen LogP contribution in [0.5, 0.6) is 17.2 Å². The van der Waals surface area contributed by atoms with Crippen molar-refractivity contribution in [2.24, 2.45) is 0 Å². The highest BCUT2D eigenvalue weighted by Crippen LogP contribution is 2.23. The van der Waals surface area contributed by atoms with Crippen LogP contribution < -0.4 is 19.5 Å². The molecule has 0 saturated heterocycles. The Morgan fingerprint density at radius 3 is 2.22 bits per heavy atom. The number of methoxy groups -OCH3 is 3. The van der Waals surface area contributed by atoms with Crippen molar-refractivity contribution >= 4 is 23.6 Å². The maximum Gasteiger partial charge on any atom is 0.331 e. The van der Waals surface area contributed by atoms with E-state index in [1.807, 2.05) is 0 Å². The highest BCUT2D eigenvalue weighted by Gasteiger charge is 2.07. The van der Waals surface area contributed by atoms with Crippen LogP contribution in [-0.4, -0.2) is 39.8 Å². The van der Waals surface area contributed by atoms with E-state index >= 15 is 0 Å². The van der Waals surface area contributed by atoms with Crippen molar-refractivity contribution in [2.75, 3.05) is 33.3 Å². The average Bonchev–Trinajstić information content (AvgIpc) is 2.70. The van der Waals surface area contributed by atoms with Crippen molar-refractivity contribution < 1.29 is 28.5 Å². The van der Waals surface area contributed by atoms with Crippen LogP contribution in [0.1, 0.15) is 5.56 Å². The summed E-state index contributed by atoms with van der Waals surface area (Å²) in [5.41, 5.74) is 1.25. The van der Waals surface area contributed by atoms with E-state index in [4.69, 9.17) is 18.9 Å². The van der Waals surface area contributed by atoms with Gasteiger partial charge in [0.1, 0.15) is 17.2 Å². The van der Waals surface area contributed by atoms with Crippen LogP contribution in [-0.2, 0) is 14.3 Å². The third-order valence-corrected chi connectivity index (χ3v) is 3.48. The predicted octanol–water partition coefficient (Wildman–Crippen LogP) is 2.91. The summed E-state index contributed by atoms with van der Waals surface area (Å²) in [5.74, 6) is 0.715. The zero-order valence-corrected chi connectivity index (χ0v) is 15.4. The first-order valence-electron chi connectivity index (χ1n) is 8.06. The zero-order valence-electron chi connectivity index (χ0n) is 15.4. The first kappa shape index (κ1) is 19.8. The molecule has 0 aliphatic carbocycles. The van der Waals surface area contributed by atoms with Crippen LogP contribution in [0.4, 0.5) is 5.69 Å². The number of carbonyl (C=O) groups excluding carboxylic acids is 2. The van der Waals surface area contributed by atoms with Gasteiger partial charge in [0.25, 0.3) is 5.91 Å². The van der Waals surface area contributed by atoms with Gasteiger partial charge in [-0.25, -0.2) is 4.79 Å². The Balaban J connectivity index is 1.88. The van der Waals surface area contributed by atoms with Gasteiger partial charge >= 0.3 is 5.97 Å². The number of anilines is 1. The summed E-state index contributed by atoms with van der Waals surface area (Å²) in [6.07, 6.45) is 2.78. The predicted molar refractivity (Wildman–Crippen MR) is 101 cm³/mol. The smallest absolute Gasteiger partial charge is 0.331 e. The number of esters is 1. The highest BCUT2D eigenvalue weighted by molar-refractivity contribution is 5.94. The number of nitrogens with one attached hydrogen (secondary N) is 1. The van der Waals surface area contributed by atoms with Gasteiger partial charge in [-0.2, -0.15) is 0 Å². The molecule has 27 heavy (non-hydrogen) atoms. The van der Waals surface area contributed by atoms with Crippen LogP contribution in [0.3, 0.4) is 0 Å². The summed E-state index contributed by atoms with van der Waals surface area (Å²) >= 11 is 0. The van der Waals surface area contributed by atoms with Gasteiger partial charge < -0.3 is 24.3 Å². The lowest BCUT2D eigenvalue weighted by Gasteiger charge is -2.07.